The second-order valence-corrected chi connectivity index (χ2v) is 7.26. The van der Waals surface area contributed by atoms with E-state index >= 15 is 0 Å². The molecular weight excluding hydrogens is 330 g/mol. The molecule has 2 N–H and O–H groups in total. The molecule has 0 amide bonds. The molecular formula is C20H27N3OS. The van der Waals surface area contributed by atoms with Gasteiger partial charge in [-0.05, 0) is 23.3 Å². The second-order valence-electron chi connectivity index (χ2n) is 5.75. The highest BCUT2D eigenvalue weighted by molar-refractivity contribution is 8.00. The molecule has 2 rings (SSSR count). The van der Waals surface area contributed by atoms with Crippen molar-refractivity contribution in [1.82, 2.24) is 10.6 Å². The summed E-state index contributed by atoms with van der Waals surface area (Å²) in [5.74, 6) is 0.813. The van der Waals surface area contributed by atoms with Crippen LogP contribution in [0.2, 0.25) is 0 Å². The van der Waals surface area contributed by atoms with Gasteiger partial charge in [0.15, 0.2) is 5.96 Å². The molecule has 2 aromatic carbocycles. The van der Waals surface area contributed by atoms with Gasteiger partial charge in [0.1, 0.15) is 0 Å². The van der Waals surface area contributed by atoms with Crippen molar-refractivity contribution in [1.29, 1.82) is 0 Å². The first kappa shape index (κ1) is 19.3. The highest BCUT2D eigenvalue weighted by Crippen LogP contribution is 2.21. The molecule has 1 atom stereocenters. The normalized spacial score (nSPS) is 12.7. The number of nitrogens with zero attached hydrogens (tertiary/aromatic N) is 1. The quantitative estimate of drug-likeness (QED) is 0.430. The largest absolute Gasteiger partial charge is 0.380 e. The lowest BCUT2D eigenvalue weighted by Gasteiger charge is -2.17. The Kier molecular flexibility index (Phi) is 8.35. The zero-order valence-electron chi connectivity index (χ0n) is 15.2. The van der Waals surface area contributed by atoms with E-state index in [1.54, 1.807) is 14.2 Å². The number of aliphatic imine (C=N–C) groups is 1. The number of hydrogen-bond donors (Lipinski definition) is 2. The van der Waals surface area contributed by atoms with E-state index in [-0.39, 0.29) is 0 Å². The maximum absolute atomic E-state index is 5.26. The van der Waals surface area contributed by atoms with Crippen LogP contribution in [0.3, 0.4) is 0 Å². The van der Waals surface area contributed by atoms with Gasteiger partial charge in [-0.25, -0.2) is 0 Å². The van der Waals surface area contributed by atoms with Gasteiger partial charge >= 0.3 is 0 Å². The average Bonchev–Trinajstić information content (AvgIpc) is 2.64. The molecule has 4 nitrogen and oxygen atoms in total. The molecule has 0 heterocycles. The first-order chi connectivity index (χ1) is 12.2. The molecule has 0 saturated carbocycles. The number of rotatable bonds is 8. The predicted octanol–water partition coefficient (Wildman–Crippen LogP) is 3.68. The fourth-order valence-electron chi connectivity index (χ4n) is 2.44. The highest BCUT2D eigenvalue weighted by Gasteiger charge is 2.07. The lowest BCUT2D eigenvalue weighted by molar-refractivity contribution is 0.184. The minimum Gasteiger partial charge on any atom is -0.380 e. The van der Waals surface area contributed by atoms with E-state index < -0.39 is 0 Å². The van der Waals surface area contributed by atoms with E-state index in [2.05, 4.69) is 58.9 Å². The Hall–Kier alpha value is -1.98. The minimum absolute atomic E-state index is 0.446. The number of hydrogen-bond acceptors (Lipinski definition) is 3. The van der Waals surface area contributed by atoms with Crippen molar-refractivity contribution in [2.75, 3.05) is 20.7 Å². The lowest BCUT2D eigenvalue weighted by Crippen LogP contribution is -2.39. The molecule has 0 aliphatic rings. The monoisotopic (exact) mass is 357 g/mol. The SMILES string of the molecule is CN=C(NCc1ccccc1COC)NCC(C)Sc1ccccc1. The maximum Gasteiger partial charge on any atom is 0.191 e. The van der Waals surface area contributed by atoms with Crippen LogP contribution in [0.1, 0.15) is 18.1 Å². The smallest absolute Gasteiger partial charge is 0.191 e. The summed E-state index contributed by atoms with van der Waals surface area (Å²) in [6.07, 6.45) is 0. The van der Waals surface area contributed by atoms with Crippen LogP contribution in [0.4, 0.5) is 0 Å². The van der Waals surface area contributed by atoms with Crippen molar-refractivity contribution >= 4 is 17.7 Å². The minimum atomic E-state index is 0.446. The first-order valence-electron chi connectivity index (χ1n) is 8.45. The van der Waals surface area contributed by atoms with Crippen LogP contribution in [0, 0.1) is 0 Å². The summed E-state index contributed by atoms with van der Waals surface area (Å²) in [7, 11) is 3.52. The summed E-state index contributed by atoms with van der Waals surface area (Å²) in [5, 5.41) is 7.22. The van der Waals surface area contributed by atoms with E-state index in [9.17, 15) is 0 Å². The lowest BCUT2D eigenvalue weighted by atomic mass is 10.1. The zero-order valence-corrected chi connectivity index (χ0v) is 16.0. The number of guanidine groups is 1. The van der Waals surface area contributed by atoms with Gasteiger partial charge in [-0.1, -0.05) is 49.4 Å². The number of benzene rings is 2. The molecule has 0 radical (unpaired) electrons. The number of ether oxygens (including phenoxy) is 1. The Morgan fingerprint density at radius 3 is 2.40 bits per heavy atom. The van der Waals surface area contributed by atoms with Crippen molar-refractivity contribution in [2.24, 2.45) is 4.99 Å². The van der Waals surface area contributed by atoms with Crippen LogP contribution in [-0.4, -0.2) is 31.9 Å². The van der Waals surface area contributed by atoms with E-state index in [4.69, 9.17) is 4.74 Å². The van der Waals surface area contributed by atoms with Crippen molar-refractivity contribution in [3.05, 3.63) is 65.7 Å². The van der Waals surface area contributed by atoms with Crippen LogP contribution >= 0.6 is 11.8 Å². The molecule has 134 valence electrons. The summed E-state index contributed by atoms with van der Waals surface area (Å²) >= 11 is 1.86. The predicted molar refractivity (Wildman–Crippen MR) is 107 cm³/mol. The molecule has 0 aliphatic heterocycles. The van der Waals surface area contributed by atoms with Gasteiger partial charge in [0.2, 0.25) is 0 Å². The third-order valence-electron chi connectivity index (χ3n) is 3.73. The zero-order chi connectivity index (χ0) is 17.9. The fraction of sp³-hybridized carbons (Fsp3) is 0.350. The number of methoxy groups -OCH3 is 1. The van der Waals surface area contributed by atoms with Crippen LogP contribution < -0.4 is 10.6 Å². The molecule has 1 unspecified atom stereocenters. The van der Waals surface area contributed by atoms with Gasteiger partial charge < -0.3 is 15.4 Å². The van der Waals surface area contributed by atoms with E-state index in [0.29, 0.717) is 11.9 Å². The van der Waals surface area contributed by atoms with Crippen LogP contribution in [0.5, 0.6) is 0 Å². The standard InChI is InChI=1S/C20H27N3OS/c1-16(25-19-11-5-4-6-12-19)13-22-20(21-2)23-14-17-9-7-8-10-18(17)15-24-3/h4-12,16H,13-15H2,1-3H3,(H2,21,22,23). The summed E-state index contributed by atoms with van der Waals surface area (Å²) in [5.41, 5.74) is 2.42. The summed E-state index contributed by atoms with van der Waals surface area (Å²) in [6, 6.07) is 18.7. The van der Waals surface area contributed by atoms with Gasteiger partial charge in [0, 0.05) is 37.4 Å². The van der Waals surface area contributed by atoms with Gasteiger partial charge in [0.05, 0.1) is 6.61 Å². The van der Waals surface area contributed by atoms with Crippen LogP contribution in [0.15, 0.2) is 64.5 Å². The molecule has 0 spiro atoms. The van der Waals surface area contributed by atoms with Gasteiger partial charge in [-0.3, -0.25) is 4.99 Å². The third kappa shape index (κ3) is 6.80. The summed E-state index contributed by atoms with van der Waals surface area (Å²) in [6.45, 7) is 4.40. The average molecular weight is 358 g/mol. The van der Waals surface area contributed by atoms with Gasteiger partial charge in [0.25, 0.3) is 0 Å². The van der Waals surface area contributed by atoms with Crippen molar-refractivity contribution in [3.63, 3.8) is 0 Å². The number of thioether (sulfide) groups is 1. The van der Waals surface area contributed by atoms with Crippen molar-refractivity contribution in [3.8, 4) is 0 Å². The van der Waals surface area contributed by atoms with E-state index in [1.807, 2.05) is 30.0 Å². The summed E-state index contributed by atoms with van der Waals surface area (Å²) in [4.78, 5) is 5.60. The molecule has 0 aromatic heterocycles. The first-order valence-corrected chi connectivity index (χ1v) is 9.33. The molecule has 2 aromatic rings. The van der Waals surface area contributed by atoms with Crippen molar-refractivity contribution < 1.29 is 4.74 Å². The maximum atomic E-state index is 5.26. The molecule has 0 aliphatic carbocycles. The Labute approximate surface area is 155 Å². The van der Waals surface area contributed by atoms with Crippen LogP contribution in [-0.2, 0) is 17.9 Å². The molecule has 0 fully saturated rings. The Morgan fingerprint density at radius 1 is 1.04 bits per heavy atom. The van der Waals surface area contributed by atoms with E-state index in [1.165, 1.54) is 16.0 Å². The molecule has 5 heteroatoms. The highest BCUT2D eigenvalue weighted by atomic mass is 32.2. The summed E-state index contributed by atoms with van der Waals surface area (Å²) < 4.78 is 5.26. The Bertz CT molecular complexity index is 661. The molecule has 25 heavy (non-hydrogen) atoms. The van der Waals surface area contributed by atoms with Gasteiger partial charge in [-0.2, -0.15) is 0 Å². The van der Waals surface area contributed by atoms with Crippen molar-refractivity contribution in [2.45, 2.75) is 30.2 Å². The Balaban J connectivity index is 1.81. The van der Waals surface area contributed by atoms with Gasteiger partial charge in [-0.15, -0.1) is 11.8 Å². The van der Waals surface area contributed by atoms with Crippen LogP contribution in [0.25, 0.3) is 0 Å². The molecule has 0 bridgehead atoms. The fourth-order valence-corrected chi connectivity index (χ4v) is 3.38. The number of nitrogens with one attached hydrogen (secondary N) is 2. The Morgan fingerprint density at radius 2 is 1.72 bits per heavy atom. The third-order valence-corrected chi connectivity index (χ3v) is 4.84. The second kappa shape index (κ2) is 10.8. The van der Waals surface area contributed by atoms with E-state index in [0.717, 1.165) is 19.0 Å². The molecule has 0 saturated heterocycles. The topological polar surface area (TPSA) is 45.7 Å².